The summed E-state index contributed by atoms with van der Waals surface area (Å²) < 4.78 is 0. The Kier molecular flexibility index (Phi) is 4.04. The van der Waals surface area contributed by atoms with E-state index in [1.165, 1.54) is 0 Å². The fourth-order valence-corrected chi connectivity index (χ4v) is 1.32. The second-order valence-corrected chi connectivity index (χ2v) is 3.54. The van der Waals surface area contributed by atoms with E-state index in [2.05, 4.69) is 15.3 Å². The predicted octanol–water partition coefficient (Wildman–Crippen LogP) is -0.0605. The molecule has 16 heavy (non-hydrogen) atoms. The van der Waals surface area contributed by atoms with Crippen molar-refractivity contribution >= 4 is 17.7 Å². The predicted molar refractivity (Wildman–Crippen MR) is 63.1 cm³/mol. The summed E-state index contributed by atoms with van der Waals surface area (Å²) in [5.74, 6) is 0.828. The Labute approximate surface area is 94.9 Å². The maximum absolute atomic E-state index is 11.4. The van der Waals surface area contributed by atoms with E-state index in [0.717, 1.165) is 5.69 Å². The van der Waals surface area contributed by atoms with Crippen molar-refractivity contribution < 1.29 is 4.79 Å². The van der Waals surface area contributed by atoms with Gasteiger partial charge < -0.3 is 16.0 Å². The third-order valence-electron chi connectivity index (χ3n) is 2.00. The number of rotatable bonds is 4. The highest BCUT2D eigenvalue weighted by Crippen LogP contribution is 2.11. The van der Waals surface area contributed by atoms with Crippen LogP contribution in [-0.2, 0) is 4.79 Å². The zero-order valence-electron chi connectivity index (χ0n) is 9.82. The molecule has 6 nitrogen and oxygen atoms in total. The Balaban J connectivity index is 2.72. The van der Waals surface area contributed by atoms with Gasteiger partial charge >= 0.3 is 0 Å². The molecule has 1 aromatic heterocycles. The fourth-order valence-electron chi connectivity index (χ4n) is 1.32. The second-order valence-electron chi connectivity index (χ2n) is 3.54. The molecule has 0 saturated heterocycles. The van der Waals surface area contributed by atoms with Gasteiger partial charge in [0.15, 0.2) is 0 Å². The average molecular weight is 223 g/mol. The molecule has 3 N–H and O–H groups in total. The first-order valence-corrected chi connectivity index (χ1v) is 5.12. The summed E-state index contributed by atoms with van der Waals surface area (Å²) in [5, 5.41) is 2.72. The standard InChI is InChI=1S/C10H17N5O/c1-4-12-9(16)6-15(3)8-5-7(2)13-10(11)14-8/h5H,4,6H2,1-3H3,(H,12,16)(H2,11,13,14). The van der Waals surface area contributed by atoms with Gasteiger partial charge in [-0.05, 0) is 13.8 Å². The molecule has 1 amide bonds. The number of nitrogens with zero attached hydrogens (tertiary/aromatic N) is 3. The average Bonchev–Trinajstić information content (AvgIpc) is 2.16. The van der Waals surface area contributed by atoms with Crippen LogP contribution in [0.1, 0.15) is 12.6 Å². The minimum atomic E-state index is -0.0418. The van der Waals surface area contributed by atoms with Crippen LogP contribution in [-0.4, -0.2) is 36.0 Å². The van der Waals surface area contributed by atoms with Crippen LogP contribution in [0.4, 0.5) is 11.8 Å². The SMILES string of the molecule is CCNC(=O)CN(C)c1cc(C)nc(N)n1. The lowest BCUT2D eigenvalue weighted by atomic mass is 10.4. The first-order valence-electron chi connectivity index (χ1n) is 5.12. The van der Waals surface area contributed by atoms with Gasteiger partial charge in [-0.2, -0.15) is 4.98 Å². The van der Waals surface area contributed by atoms with Crippen molar-refractivity contribution in [2.75, 3.05) is 30.8 Å². The van der Waals surface area contributed by atoms with E-state index in [4.69, 9.17) is 5.73 Å². The summed E-state index contributed by atoms with van der Waals surface area (Å²) in [6, 6.07) is 1.79. The Morgan fingerprint density at radius 1 is 1.56 bits per heavy atom. The van der Waals surface area contributed by atoms with Gasteiger partial charge in [-0.15, -0.1) is 0 Å². The lowest BCUT2D eigenvalue weighted by Crippen LogP contribution is -2.35. The number of hydrogen-bond donors (Lipinski definition) is 2. The maximum Gasteiger partial charge on any atom is 0.239 e. The van der Waals surface area contributed by atoms with Gasteiger partial charge in [-0.25, -0.2) is 4.98 Å². The van der Waals surface area contributed by atoms with E-state index in [1.807, 2.05) is 13.8 Å². The minimum Gasteiger partial charge on any atom is -0.368 e. The van der Waals surface area contributed by atoms with Crippen LogP contribution in [0.2, 0.25) is 0 Å². The molecular formula is C10H17N5O. The molecule has 0 aromatic carbocycles. The summed E-state index contributed by atoms with van der Waals surface area (Å²) in [6.45, 7) is 4.59. The number of nitrogens with one attached hydrogen (secondary N) is 1. The van der Waals surface area contributed by atoms with E-state index in [9.17, 15) is 4.79 Å². The summed E-state index contributed by atoms with van der Waals surface area (Å²) in [7, 11) is 1.79. The quantitative estimate of drug-likeness (QED) is 0.747. The molecule has 0 aliphatic rings. The molecule has 0 atom stereocenters. The highest BCUT2D eigenvalue weighted by Gasteiger charge is 2.09. The van der Waals surface area contributed by atoms with E-state index < -0.39 is 0 Å². The molecule has 0 saturated carbocycles. The van der Waals surface area contributed by atoms with Crippen LogP contribution in [0.15, 0.2) is 6.07 Å². The Hall–Kier alpha value is -1.85. The number of aromatic nitrogens is 2. The van der Waals surface area contributed by atoms with E-state index in [1.54, 1.807) is 18.0 Å². The van der Waals surface area contributed by atoms with Gasteiger partial charge in [0, 0.05) is 25.4 Å². The lowest BCUT2D eigenvalue weighted by Gasteiger charge is -2.17. The molecule has 0 aliphatic carbocycles. The van der Waals surface area contributed by atoms with Crippen LogP contribution in [0.25, 0.3) is 0 Å². The highest BCUT2D eigenvalue weighted by atomic mass is 16.2. The first kappa shape index (κ1) is 12.2. The molecule has 1 aromatic rings. The molecule has 0 bridgehead atoms. The van der Waals surface area contributed by atoms with Crippen molar-refractivity contribution in [1.29, 1.82) is 0 Å². The molecule has 0 unspecified atom stereocenters. The Morgan fingerprint density at radius 3 is 2.81 bits per heavy atom. The zero-order chi connectivity index (χ0) is 12.1. The van der Waals surface area contributed by atoms with Crippen molar-refractivity contribution in [3.05, 3.63) is 11.8 Å². The molecule has 0 spiro atoms. The van der Waals surface area contributed by atoms with Crippen LogP contribution < -0.4 is 16.0 Å². The van der Waals surface area contributed by atoms with E-state index in [-0.39, 0.29) is 18.4 Å². The highest BCUT2D eigenvalue weighted by molar-refractivity contribution is 5.80. The van der Waals surface area contributed by atoms with E-state index >= 15 is 0 Å². The zero-order valence-corrected chi connectivity index (χ0v) is 9.82. The minimum absolute atomic E-state index is 0.0418. The molecular weight excluding hydrogens is 206 g/mol. The van der Waals surface area contributed by atoms with Gasteiger partial charge in [0.2, 0.25) is 11.9 Å². The van der Waals surface area contributed by atoms with Gasteiger partial charge in [0.05, 0.1) is 6.54 Å². The number of carbonyl (C=O) groups excluding carboxylic acids is 1. The van der Waals surface area contributed by atoms with Gasteiger partial charge in [0.25, 0.3) is 0 Å². The first-order chi connectivity index (χ1) is 7.52. The van der Waals surface area contributed by atoms with Gasteiger partial charge in [-0.1, -0.05) is 0 Å². The molecule has 88 valence electrons. The number of nitrogen functional groups attached to an aromatic ring is 1. The Bertz CT molecular complexity index is 359. The largest absolute Gasteiger partial charge is 0.368 e. The van der Waals surface area contributed by atoms with Crippen LogP contribution >= 0.6 is 0 Å². The molecule has 0 fully saturated rings. The van der Waals surface area contributed by atoms with E-state index in [0.29, 0.717) is 12.4 Å². The number of nitrogens with two attached hydrogens (primary N) is 1. The normalized spacial score (nSPS) is 9.94. The number of carbonyl (C=O) groups is 1. The number of aryl methyl sites for hydroxylation is 1. The summed E-state index contributed by atoms with van der Waals surface area (Å²) >= 11 is 0. The van der Waals surface area contributed by atoms with Gasteiger partial charge in [0.1, 0.15) is 5.82 Å². The van der Waals surface area contributed by atoms with Gasteiger partial charge in [-0.3, -0.25) is 4.79 Å². The van der Waals surface area contributed by atoms with Crippen LogP contribution in [0.3, 0.4) is 0 Å². The van der Waals surface area contributed by atoms with Crippen LogP contribution in [0.5, 0.6) is 0 Å². The molecule has 1 rings (SSSR count). The Morgan fingerprint density at radius 2 is 2.25 bits per heavy atom. The summed E-state index contributed by atoms with van der Waals surface area (Å²) in [4.78, 5) is 21.1. The second kappa shape index (κ2) is 5.29. The third kappa shape index (κ3) is 3.38. The van der Waals surface area contributed by atoms with Crippen molar-refractivity contribution in [3.8, 4) is 0 Å². The smallest absolute Gasteiger partial charge is 0.239 e. The molecule has 1 heterocycles. The maximum atomic E-state index is 11.4. The number of hydrogen-bond acceptors (Lipinski definition) is 5. The van der Waals surface area contributed by atoms with Crippen molar-refractivity contribution in [3.63, 3.8) is 0 Å². The van der Waals surface area contributed by atoms with Crippen molar-refractivity contribution in [2.45, 2.75) is 13.8 Å². The lowest BCUT2D eigenvalue weighted by molar-refractivity contribution is -0.119. The monoisotopic (exact) mass is 223 g/mol. The van der Waals surface area contributed by atoms with Crippen LogP contribution in [0, 0.1) is 6.92 Å². The van der Waals surface area contributed by atoms with Crippen molar-refractivity contribution in [2.24, 2.45) is 0 Å². The number of likely N-dealkylation sites (N-methyl/N-ethyl adjacent to an activating group) is 2. The molecule has 0 aliphatic heterocycles. The van der Waals surface area contributed by atoms with Crippen molar-refractivity contribution in [1.82, 2.24) is 15.3 Å². The third-order valence-corrected chi connectivity index (χ3v) is 2.00. The number of amides is 1. The summed E-state index contributed by atoms with van der Waals surface area (Å²) in [6.07, 6.45) is 0. The topological polar surface area (TPSA) is 84.1 Å². The molecule has 6 heteroatoms. The molecule has 0 radical (unpaired) electrons. The number of anilines is 2. The fraction of sp³-hybridized carbons (Fsp3) is 0.500. The summed E-state index contributed by atoms with van der Waals surface area (Å²) in [5.41, 5.74) is 6.32.